The number of carbonyl (C=O) groups excluding carboxylic acids is 5. The van der Waals surface area contributed by atoms with Gasteiger partial charge in [0.1, 0.15) is 60.1 Å². The fourth-order valence-electron chi connectivity index (χ4n) is 5.53. The zero-order valence-corrected chi connectivity index (χ0v) is 42.6. The number of ether oxygens (including phenoxy) is 2. The molecule has 1 rings (SSSR count). The monoisotopic (exact) mass is 1060 g/mol. The van der Waals surface area contributed by atoms with Gasteiger partial charge in [0.05, 0.1) is 77.3 Å². The number of cyclic esters (lactones) is 1. The molecular weight excluding hydrogens is 961 g/mol. The van der Waals surface area contributed by atoms with Gasteiger partial charge in [-0.05, 0) is 91.4 Å². The Balaban J connectivity index is -0.000000181. The highest BCUT2D eigenvalue weighted by Gasteiger charge is 2.26. The number of carbonyl (C=O) groups is 5. The molecule has 1 unspecified atom stereocenters. The average Bonchev–Trinajstić information content (AvgIpc) is 3.34. The third-order valence-electron chi connectivity index (χ3n) is 10.2. The van der Waals surface area contributed by atoms with Crippen LogP contribution < -0.4 is 0 Å². The van der Waals surface area contributed by atoms with Gasteiger partial charge >= 0.3 is 11.9 Å². The lowest BCUT2D eigenvalue weighted by molar-refractivity contribution is -0.162. The lowest BCUT2D eigenvalue weighted by Gasteiger charge is -2.25. The summed E-state index contributed by atoms with van der Waals surface area (Å²) in [5.41, 5.74) is 0. The van der Waals surface area contributed by atoms with Gasteiger partial charge in [-0.3, -0.25) is 9.59 Å². The molecule has 72 heavy (non-hydrogen) atoms. The van der Waals surface area contributed by atoms with E-state index in [2.05, 4.69) is 11.7 Å². The van der Waals surface area contributed by atoms with Gasteiger partial charge in [0.15, 0.2) is 0 Å². The van der Waals surface area contributed by atoms with Crippen molar-refractivity contribution in [3.05, 3.63) is 0 Å². The molecule has 0 bridgehead atoms. The minimum atomic E-state index is -1.13. The van der Waals surface area contributed by atoms with E-state index in [9.17, 15) is 24.0 Å². The van der Waals surface area contributed by atoms with Crippen LogP contribution in [-0.2, 0) is 33.4 Å². The minimum Gasteiger partial charge on any atom is -0.469 e. The van der Waals surface area contributed by atoms with E-state index >= 15 is 0 Å². The van der Waals surface area contributed by atoms with E-state index in [1.807, 2.05) is 0 Å². The molecule has 12 atom stereocenters. The van der Waals surface area contributed by atoms with Crippen LogP contribution in [0.5, 0.6) is 0 Å². The molecule has 0 aromatic heterocycles. The first-order chi connectivity index (χ1) is 33.3. The van der Waals surface area contributed by atoms with Crippen molar-refractivity contribution in [2.75, 3.05) is 46.8 Å². The second-order valence-corrected chi connectivity index (χ2v) is 17.0. The molecule has 1 fully saturated rings. The van der Waals surface area contributed by atoms with Crippen LogP contribution in [0.3, 0.4) is 0 Å². The Morgan fingerprint density at radius 3 is 1.01 bits per heavy atom. The van der Waals surface area contributed by atoms with Crippen LogP contribution in [0.2, 0.25) is 0 Å². The van der Waals surface area contributed by atoms with E-state index in [4.69, 9.17) is 91.5 Å². The maximum Gasteiger partial charge on any atom is 0.306 e. The molecule has 24 nitrogen and oxygen atoms in total. The Bertz CT molecular complexity index is 1190. The number of methoxy groups -OCH3 is 1. The first kappa shape index (κ1) is 80.7. The zero-order chi connectivity index (χ0) is 55.9. The molecule has 1 aliphatic rings. The first-order valence-electron chi connectivity index (χ1n) is 24.2. The summed E-state index contributed by atoms with van der Waals surface area (Å²) >= 11 is 0. The second-order valence-electron chi connectivity index (χ2n) is 17.0. The predicted octanol–water partition coefficient (Wildman–Crippen LogP) is -2.22. The van der Waals surface area contributed by atoms with E-state index in [0.717, 1.165) is 25.7 Å². The highest BCUT2D eigenvalue weighted by Crippen LogP contribution is 2.16. The van der Waals surface area contributed by atoms with E-state index in [1.54, 1.807) is 0 Å². The summed E-state index contributed by atoms with van der Waals surface area (Å²) in [7, 11) is 1.29. The Morgan fingerprint density at radius 2 is 0.778 bits per heavy atom. The van der Waals surface area contributed by atoms with Gasteiger partial charge in [0, 0.05) is 32.1 Å². The van der Waals surface area contributed by atoms with Crippen LogP contribution in [0.4, 0.5) is 0 Å². The van der Waals surface area contributed by atoms with Gasteiger partial charge in [0.25, 0.3) is 0 Å². The van der Waals surface area contributed by atoms with Crippen molar-refractivity contribution < 1.29 is 120 Å². The van der Waals surface area contributed by atoms with Crippen LogP contribution in [0.1, 0.15) is 157 Å². The molecule has 0 aromatic carbocycles. The highest BCUT2D eigenvalue weighted by atomic mass is 16.6. The zero-order valence-electron chi connectivity index (χ0n) is 42.6. The maximum absolute atomic E-state index is 10.7. The van der Waals surface area contributed by atoms with Crippen LogP contribution in [0.25, 0.3) is 0 Å². The molecule has 1 saturated heterocycles. The number of unbranched alkanes of at least 4 members (excludes halogenated alkanes) is 2. The number of rotatable bonds is 32. The number of aliphatic hydroxyl groups is 17. The SMILES string of the molecule is C.CC(=O)CCC[C@H](O)[C@H](O)CO.CC(=O)CCC[C@H](O)[C@H](O)CO.CC(=O)CCC[C@H](O)[C@H](O)CO.CCCCC[C@H](O)[C@H](O)CO.COC(=O)CCC[C@H](O)[C@H](O)CO.O=C1CCCC([C@H](O)CO)O1. The predicted molar refractivity (Wildman–Crippen MR) is 263 cm³/mol. The molecule has 1 aliphatic heterocycles. The van der Waals surface area contributed by atoms with Crippen molar-refractivity contribution in [2.45, 2.75) is 230 Å². The lowest BCUT2D eigenvalue weighted by Crippen LogP contribution is -2.36. The quantitative estimate of drug-likeness (QED) is 0.0250. The van der Waals surface area contributed by atoms with Crippen LogP contribution in [0, 0.1) is 0 Å². The van der Waals surface area contributed by atoms with Crippen LogP contribution >= 0.6 is 0 Å². The molecule has 0 radical (unpaired) electrons. The Morgan fingerprint density at radius 1 is 0.486 bits per heavy atom. The van der Waals surface area contributed by atoms with E-state index < -0.39 is 99.7 Å². The number of ketones is 3. The standard InChI is InChI=1S/C8H16O5.3C8H16O4.C8H18O3.C7H12O4.CH4/c1-13-8(12)4-2-3-6(10)7(11)5-9;3*1-6(10)3-2-4-7(11)8(12)5-9;1-2-3-4-5-7(10)8(11)6-9;8-4-5(9)6-2-1-3-7(10)11-6;/h6-7,9-11H,2-5H2,1H3;3*7-9,11-12H,2-5H2,1H3;7-11H,2-6H2,1H3;5-6,8-9H,1-4H2;1H4/t6-,7+;4*7-,8+;5-,6?;/m000001./s1. The number of esters is 2. The van der Waals surface area contributed by atoms with Crippen LogP contribution in [0.15, 0.2) is 0 Å². The topological polar surface area (TPSA) is 448 Å². The second kappa shape index (κ2) is 54.5. The maximum atomic E-state index is 10.7. The van der Waals surface area contributed by atoms with Gasteiger partial charge in [-0.15, -0.1) is 0 Å². The summed E-state index contributed by atoms with van der Waals surface area (Å²) in [6.07, 6.45) is -0.953. The molecular formula is C48H98O24. The van der Waals surface area contributed by atoms with Gasteiger partial charge in [-0.1, -0.05) is 33.6 Å². The smallest absolute Gasteiger partial charge is 0.306 e. The molecule has 17 N–H and O–H groups in total. The van der Waals surface area contributed by atoms with E-state index in [0.29, 0.717) is 83.5 Å². The molecule has 0 spiro atoms. The normalized spacial score (nSPS) is 17.3. The first-order valence-corrected chi connectivity index (χ1v) is 24.2. The number of hydrogen-bond donors (Lipinski definition) is 17. The molecule has 0 aliphatic carbocycles. The van der Waals surface area contributed by atoms with Gasteiger partial charge in [0.2, 0.25) is 0 Å². The Kier molecular flexibility index (Phi) is 61.1. The third kappa shape index (κ3) is 53.6. The minimum absolute atomic E-state index is 0. The highest BCUT2D eigenvalue weighted by molar-refractivity contribution is 5.76. The van der Waals surface area contributed by atoms with Gasteiger partial charge < -0.3 is 111 Å². The molecule has 0 amide bonds. The number of Topliss-reactive ketones (excluding diaryl/α,β-unsaturated/α-hetero) is 3. The molecule has 0 saturated carbocycles. The summed E-state index contributed by atoms with van der Waals surface area (Å²) in [5, 5.41) is 150. The summed E-state index contributed by atoms with van der Waals surface area (Å²) in [4.78, 5) is 52.7. The molecule has 24 heteroatoms. The molecule has 0 aromatic rings. The van der Waals surface area contributed by atoms with Gasteiger partial charge in [-0.2, -0.15) is 0 Å². The van der Waals surface area contributed by atoms with Crippen molar-refractivity contribution in [3.63, 3.8) is 0 Å². The Labute approximate surface area is 425 Å². The fraction of sp³-hybridized carbons (Fsp3) is 0.896. The number of hydrogen-bond acceptors (Lipinski definition) is 24. The lowest BCUT2D eigenvalue weighted by atomic mass is 10.0. The molecule has 434 valence electrons. The van der Waals surface area contributed by atoms with Crippen molar-refractivity contribution in [2.24, 2.45) is 0 Å². The van der Waals surface area contributed by atoms with Crippen molar-refractivity contribution >= 4 is 29.3 Å². The third-order valence-corrected chi connectivity index (χ3v) is 10.2. The van der Waals surface area contributed by atoms with E-state index in [-0.39, 0.29) is 62.8 Å². The summed E-state index contributed by atoms with van der Waals surface area (Å²) in [6.45, 7) is 4.02. The molecule has 1 heterocycles. The van der Waals surface area contributed by atoms with Gasteiger partial charge in [-0.25, -0.2) is 0 Å². The summed E-state index contributed by atoms with van der Waals surface area (Å²) in [6, 6.07) is 0. The largest absolute Gasteiger partial charge is 0.469 e. The van der Waals surface area contributed by atoms with Crippen LogP contribution in [-0.4, -0.2) is 236 Å². The van der Waals surface area contributed by atoms with Crippen molar-refractivity contribution in [3.8, 4) is 0 Å². The number of aliphatic hydroxyl groups excluding tert-OH is 17. The summed E-state index contributed by atoms with van der Waals surface area (Å²) in [5.74, 6) is -0.415. The Hall–Kier alpha value is -2.73. The van der Waals surface area contributed by atoms with E-state index in [1.165, 1.54) is 27.9 Å². The fourth-order valence-corrected chi connectivity index (χ4v) is 5.53. The van der Waals surface area contributed by atoms with Crippen molar-refractivity contribution in [1.29, 1.82) is 0 Å². The summed E-state index contributed by atoms with van der Waals surface area (Å²) < 4.78 is 9.18. The average molecular weight is 1060 g/mol. The van der Waals surface area contributed by atoms with Crippen molar-refractivity contribution in [1.82, 2.24) is 0 Å².